The molecule has 2 atom stereocenters. The molecular weight excluding hydrogens is 250 g/mol. The van der Waals surface area contributed by atoms with E-state index in [4.69, 9.17) is 4.74 Å². The molecule has 0 saturated carbocycles. The van der Waals surface area contributed by atoms with Crippen molar-refractivity contribution in [2.45, 2.75) is 45.1 Å². The van der Waals surface area contributed by atoms with Crippen LogP contribution in [-0.2, 0) is 0 Å². The second-order valence-corrected chi connectivity index (χ2v) is 5.82. The van der Waals surface area contributed by atoms with Crippen molar-refractivity contribution in [3.05, 3.63) is 29.8 Å². The largest absolute Gasteiger partial charge is 0.491 e. The first-order valence-electron chi connectivity index (χ1n) is 7.82. The number of aliphatic hydroxyl groups is 1. The average Bonchev–Trinajstić information content (AvgIpc) is 2.97. The number of nitrogens with zero attached hydrogens (tertiary/aromatic N) is 1. The molecule has 1 N–H and O–H groups in total. The summed E-state index contributed by atoms with van der Waals surface area (Å²) in [5, 5.41) is 10.1. The Bertz CT molecular complexity index is 402. The van der Waals surface area contributed by atoms with Crippen molar-refractivity contribution < 1.29 is 9.84 Å². The molecule has 3 nitrogen and oxygen atoms in total. The van der Waals surface area contributed by atoms with Gasteiger partial charge in [0.1, 0.15) is 18.5 Å². The lowest BCUT2D eigenvalue weighted by Crippen LogP contribution is -2.33. The van der Waals surface area contributed by atoms with E-state index in [0.717, 1.165) is 31.8 Å². The van der Waals surface area contributed by atoms with E-state index in [9.17, 15) is 5.11 Å². The third-order valence-electron chi connectivity index (χ3n) is 4.16. The second kappa shape index (κ2) is 7.65. The van der Waals surface area contributed by atoms with Crippen LogP contribution in [0, 0.1) is 0 Å². The van der Waals surface area contributed by atoms with Crippen molar-refractivity contribution in [2.75, 3.05) is 26.2 Å². The van der Waals surface area contributed by atoms with E-state index >= 15 is 0 Å². The average molecular weight is 277 g/mol. The number of aliphatic hydroxyl groups excluding tert-OH is 1. The number of hydrogen-bond acceptors (Lipinski definition) is 3. The molecule has 1 saturated heterocycles. The van der Waals surface area contributed by atoms with Gasteiger partial charge in [-0.15, -0.1) is 0 Å². The smallest absolute Gasteiger partial charge is 0.122 e. The zero-order valence-corrected chi connectivity index (χ0v) is 12.7. The van der Waals surface area contributed by atoms with Gasteiger partial charge in [-0.1, -0.05) is 32.0 Å². The molecule has 2 rings (SSSR count). The van der Waals surface area contributed by atoms with E-state index in [-0.39, 0.29) is 0 Å². The van der Waals surface area contributed by atoms with Gasteiger partial charge in [-0.3, -0.25) is 0 Å². The van der Waals surface area contributed by atoms with Crippen LogP contribution in [-0.4, -0.2) is 42.4 Å². The van der Waals surface area contributed by atoms with Crippen molar-refractivity contribution in [1.29, 1.82) is 0 Å². The molecule has 0 amide bonds. The third kappa shape index (κ3) is 4.22. The van der Waals surface area contributed by atoms with E-state index in [0.29, 0.717) is 12.5 Å². The van der Waals surface area contributed by atoms with Crippen molar-refractivity contribution in [3.63, 3.8) is 0 Å². The monoisotopic (exact) mass is 277 g/mol. The Labute approximate surface area is 122 Å². The lowest BCUT2D eigenvalue weighted by molar-refractivity contribution is 0.0753. The molecule has 0 radical (unpaired) electrons. The van der Waals surface area contributed by atoms with Crippen LogP contribution in [0.3, 0.4) is 0 Å². The van der Waals surface area contributed by atoms with Crippen LogP contribution < -0.4 is 4.74 Å². The highest BCUT2D eigenvalue weighted by Crippen LogP contribution is 2.28. The number of ether oxygens (including phenoxy) is 1. The van der Waals surface area contributed by atoms with Crippen molar-refractivity contribution >= 4 is 0 Å². The molecule has 1 heterocycles. The summed E-state index contributed by atoms with van der Waals surface area (Å²) in [5.41, 5.74) is 1.24. The van der Waals surface area contributed by atoms with Gasteiger partial charge in [0.2, 0.25) is 0 Å². The molecule has 3 heteroatoms. The van der Waals surface area contributed by atoms with Crippen molar-refractivity contribution in [2.24, 2.45) is 0 Å². The highest BCUT2D eigenvalue weighted by atomic mass is 16.5. The van der Waals surface area contributed by atoms with Gasteiger partial charge in [-0.2, -0.15) is 0 Å². The summed E-state index contributed by atoms with van der Waals surface area (Å²) in [6.45, 7) is 7.73. The predicted molar refractivity (Wildman–Crippen MR) is 82.3 cm³/mol. The molecule has 0 unspecified atom stereocenters. The molecule has 0 spiro atoms. The minimum atomic E-state index is -0.405. The van der Waals surface area contributed by atoms with Crippen LogP contribution in [0.4, 0.5) is 0 Å². The van der Waals surface area contributed by atoms with Crippen LogP contribution in [0.1, 0.15) is 44.6 Å². The normalized spacial score (nSPS) is 18.9. The van der Waals surface area contributed by atoms with Gasteiger partial charge in [-0.05, 0) is 49.9 Å². The first-order chi connectivity index (χ1) is 9.70. The van der Waals surface area contributed by atoms with Gasteiger partial charge in [0, 0.05) is 6.54 Å². The zero-order chi connectivity index (χ0) is 14.4. The zero-order valence-electron chi connectivity index (χ0n) is 12.7. The minimum Gasteiger partial charge on any atom is -0.491 e. The highest BCUT2D eigenvalue weighted by molar-refractivity contribution is 5.35. The first-order valence-corrected chi connectivity index (χ1v) is 7.82. The summed E-state index contributed by atoms with van der Waals surface area (Å²) in [5.74, 6) is 1.41. The number of β-amino-alcohol motifs (C(OH)–C–C–N with tert-alkyl or cyclic N) is 1. The summed E-state index contributed by atoms with van der Waals surface area (Å²) in [7, 11) is 0. The molecule has 1 aromatic rings. The number of para-hydroxylation sites is 1. The molecule has 1 fully saturated rings. The molecule has 1 aliphatic heterocycles. The Morgan fingerprint density at radius 1 is 1.25 bits per heavy atom. The number of rotatable bonds is 7. The molecule has 20 heavy (non-hydrogen) atoms. The molecule has 0 aromatic heterocycles. The lowest BCUT2D eigenvalue weighted by atomic mass is 9.98. The molecule has 1 aromatic carbocycles. The summed E-state index contributed by atoms with van der Waals surface area (Å²) < 4.78 is 5.86. The van der Waals surface area contributed by atoms with Crippen molar-refractivity contribution in [3.8, 4) is 5.75 Å². The van der Waals surface area contributed by atoms with Crippen LogP contribution >= 0.6 is 0 Å². The number of benzene rings is 1. The van der Waals surface area contributed by atoms with Gasteiger partial charge < -0.3 is 14.7 Å². The van der Waals surface area contributed by atoms with E-state index in [2.05, 4.69) is 30.9 Å². The van der Waals surface area contributed by atoms with E-state index in [1.54, 1.807) is 0 Å². The molecular formula is C17H27NO2. The maximum Gasteiger partial charge on any atom is 0.122 e. The van der Waals surface area contributed by atoms with E-state index in [1.807, 2.05) is 12.1 Å². The van der Waals surface area contributed by atoms with Crippen LogP contribution in [0.2, 0.25) is 0 Å². The third-order valence-corrected chi connectivity index (χ3v) is 4.16. The van der Waals surface area contributed by atoms with Crippen molar-refractivity contribution in [1.82, 2.24) is 4.90 Å². The van der Waals surface area contributed by atoms with Gasteiger partial charge in [-0.25, -0.2) is 0 Å². The minimum absolute atomic E-state index is 0.379. The SMILES string of the molecule is CC[C@@H](C)c1ccccc1OC[C@@H](O)CN1CCCC1. The summed E-state index contributed by atoms with van der Waals surface area (Å²) in [4.78, 5) is 2.31. The fraction of sp³-hybridized carbons (Fsp3) is 0.647. The quantitative estimate of drug-likeness (QED) is 0.831. The number of likely N-dealkylation sites (tertiary alicyclic amines) is 1. The molecule has 0 aliphatic carbocycles. The summed E-state index contributed by atoms with van der Waals surface area (Å²) in [6.07, 6.45) is 3.20. The molecule has 1 aliphatic rings. The summed E-state index contributed by atoms with van der Waals surface area (Å²) >= 11 is 0. The fourth-order valence-electron chi connectivity index (χ4n) is 2.74. The van der Waals surface area contributed by atoms with Crippen LogP contribution in [0.15, 0.2) is 24.3 Å². The predicted octanol–water partition coefficient (Wildman–Crippen LogP) is 3.04. The molecule has 112 valence electrons. The number of hydrogen-bond donors (Lipinski definition) is 1. The Morgan fingerprint density at radius 2 is 1.95 bits per heavy atom. The molecule has 0 bridgehead atoms. The topological polar surface area (TPSA) is 32.7 Å². The standard InChI is InChI=1S/C17H27NO2/c1-3-14(2)16-8-4-5-9-17(16)20-13-15(19)12-18-10-6-7-11-18/h4-5,8-9,14-15,19H,3,6-7,10-13H2,1-2H3/t14-,15+/m1/s1. The second-order valence-electron chi connectivity index (χ2n) is 5.82. The van der Waals surface area contributed by atoms with Gasteiger partial charge in [0.15, 0.2) is 0 Å². The van der Waals surface area contributed by atoms with Gasteiger partial charge in [0.05, 0.1) is 0 Å². The van der Waals surface area contributed by atoms with E-state index in [1.165, 1.54) is 18.4 Å². The Morgan fingerprint density at radius 3 is 2.65 bits per heavy atom. The Hall–Kier alpha value is -1.06. The lowest BCUT2D eigenvalue weighted by Gasteiger charge is -2.21. The van der Waals surface area contributed by atoms with Gasteiger partial charge >= 0.3 is 0 Å². The maximum absolute atomic E-state index is 10.1. The first kappa shape index (κ1) is 15.3. The summed E-state index contributed by atoms with van der Waals surface area (Å²) in [6, 6.07) is 8.17. The Balaban J connectivity index is 1.86. The highest BCUT2D eigenvalue weighted by Gasteiger charge is 2.17. The van der Waals surface area contributed by atoms with Crippen LogP contribution in [0.25, 0.3) is 0 Å². The Kier molecular flexibility index (Phi) is 5.86. The van der Waals surface area contributed by atoms with Crippen LogP contribution in [0.5, 0.6) is 5.75 Å². The van der Waals surface area contributed by atoms with Gasteiger partial charge in [0.25, 0.3) is 0 Å². The van der Waals surface area contributed by atoms with E-state index < -0.39 is 6.10 Å². The maximum atomic E-state index is 10.1. The fourth-order valence-corrected chi connectivity index (χ4v) is 2.74.